The molecule has 8 nitrogen and oxygen atoms in total. The Kier molecular flexibility index (Phi) is 11.0. The van der Waals surface area contributed by atoms with Gasteiger partial charge in [0, 0.05) is 39.4 Å². The van der Waals surface area contributed by atoms with Gasteiger partial charge in [-0.2, -0.15) is 0 Å². The Morgan fingerprint density at radius 3 is 2.31 bits per heavy atom. The monoisotopic (exact) mass is 369 g/mol. The minimum atomic E-state index is 0.535. The summed E-state index contributed by atoms with van der Waals surface area (Å²) in [5.74, 6) is 2.55. The van der Waals surface area contributed by atoms with E-state index in [1.807, 2.05) is 12.1 Å². The molecule has 1 aromatic carbocycles. The Bertz CT molecular complexity index is 552. The highest BCUT2D eigenvalue weighted by atomic mass is 16.5. The molecule has 0 atom stereocenters. The van der Waals surface area contributed by atoms with Gasteiger partial charge >= 0.3 is 0 Å². The molecule has 0 bridgehead atoms. The quantitative estimate of drug-likeness (QED) is 0.328. The highest BCUT2D eigenvalue weighted by molar-refractivity contribution is 5.79. The van der Waals surface area contributed by atoms with Gasteiger partial charge in [-0.3, -0.25) is 4.99 Å². The summed E-state index contributed by atoms with van der Waals surface area (Å²) in [5, 5.41) is 6.51. The standard InChI is InChI=1S/C18H31N3O5/c1-19-18(20-9-6-10-26-12-11-22-2)21-13-14-7-8-15(23-3)17(25-5)16(14)24-4/h7-8H,6,9-13H2,1-5H3,(H2,19,20,21). The van der Waals surface area contributed by atoms with Gasteiger partial charge in [-0.25, -0.2) is 0 Å². The fraction of sp³-hybridized carbons (Fsp3) is 0.611. The second kappa shape index (κ2) is 13.1. The Morgan fingerprint density at radius 2 is 1.69 bits per heavy atom. The number of hydrogen-bond acceptors (Lipinski definition) is 6. The molecule has 2 N–H and O–H groups in total. The molecule has 1 aromatic rings. The summed E-state index contributed by atoms with van der Waals surface area (Å²) in [5.41, 5.74) is 0.941. The van der Waals surface area contributed by atoms with Crippen molar-refractivity contribution < 1.29 is 23.7 Å². The number of nitrogens with one attached hydrogen (secondary N) is 2. The molecular formula is C18H31N3O5. The molecule has 0 spiro atoms. The zero-order chi connectivity index (χ0) is 19.2. The van der Waals surface area contributed by atoms with Crippen molar-refractivity contribution in [2.45, 2.75) is 13.0 Å². The predicted molar refractivity (Wildman–Crippen MR) is 102 cm³/mol. The highest BCUT2D eigenvalue weighted by Crippen LogP contribution is 2.39. The van der Waals surface area contributed by atoms with Gasteiger partial charge in [0.2, 0.25) is 5.75 Å². The van der Waals surface area contributed by atoms with Crippen LogP contribution >= 0.6 is 0 Å². The Balaban J connectivity index is 2.51. The first-order valence-electron chi connectivity index (χ1n) is 8.50. The number of rotatable bonds is 12. The molecule has 0 fully saturated rings. The minimum absolute atomic E-state index is 0.535. The SMILES string of the molecule is CN=C(NCCCOCCOC)NCc1ccc(OC)c(OC)c1OC. The first-order chi connectivity index (χ1) is 12.7. The smallest absolute Gasteiger partial charge is 0.203 e. The third kappa shape index (κ3) is 6.97. The summed E-state index contributed by atoms with van der Waals surface area (Å²) < 4.78 is 26.6. The zero-order valence-electron chi connectivity index (χ0n) is 16.4. The molecule has 0 saturated heterocycles. The van der Waals surface area contributed by atoms with Crippen molar-refractivity contribution in [3.63, 3.8) is 0 Å². The Morgan fingerprint density at radius 1 is 0.923 bits per heavy atom. The minimum Gasteiger partial charge on any atom is -0.493 e. The number of ether oxygens (including phenoxy) is 5. The topological polar surface area (TPSA) is 82.6 Å². The van der Waals surface area contributed by atoms with E-state index < -0.39 is 0 Å². The van der Waals surface area contributed by atoms with E-state index in [2.05, 4.69) is 15.6 Å². The normalized spacial score (nSPS) is 11.2. The molecular weight excluding hydrogens is 338 g/mol. The maximum absolute atomic E-state index is 5.49. The van der Waals surface area contributed by atoms with Crippen LogP contribution in [0.25, 0.3) is 0 Å². The summed E-state index contributed by atoms with van der Waals surface area (Å²) in [6, 6.07) is 3.79. The zero-order valence-corrected chi connectivity index (χ0v) is 16.4. The van der Waals surface area contributed by atoms with Crippen LogP contribution in [0.5, 0.6) is 17.2 Å². The molecule has 1 rings (SSSR count). The van der Waals surface area contributed by atoms with Gasteiger partial charge in [0.1, 0.15) is 0 Å². The first kappa shape index (κ1) is 21.9. The summed E-state index contributed by atoms with van der Waals surface area (Å²) >= 11 is 0. The molecule has 0 heterocycles. The molecule has 0 unspecified atom stereocenters. The molecule has 0 amide bonds. The molecule has 0 aliphatic heterocycles. The van der Waals surface area contributed by atoms with Gasteiger partial charge < -0.3 is 34.3 Å². The van der Waals surface area contributed by atoms with Crippen LogP contribution in [-0.4, -0.2) is 67.8 Å². The van der Waals surface area contributed by atoms with Crippen LogP contribution in [-0.2, 0) is 16.0 Å². The number of hydrogen-bond donors (Lipinski definition) is 2. The fourth-order valence-electron chi connectivity index (χ4n) is 2.33. The summed E-state index contributed by atoms with van der Waals surface area (Å²) in [4.78, 5) is 4.22. The van der Waals surface area contributed by atoms with E-state index in [1.165, 1.54) is 0 Å². The second-order valence-electron chi connectivity index (χ2n) is 5.30. The Hall–Kier alpha value is -2.19. The predicted octanol–water partition coefficient (Wildman–Crippen LogP) is 1.43. The van der Waals surface area contributed by atoms with Gasteiger partial charge in [-0.15, -0.1) is 0 Å². The van der Waals surface area contributed by atoms with Crippen molar-refractivity contribution >= 4 is 5.96 Å². The van der Waals surface area contributed by atoms with E-state index >= 15 is 0 Å². The molecule has 26 heavy (non-hydrogen) atoms. The molecule has 8 heteroatoms. The van der Waals surface area contributed by atoms with Crippen LogP contribution in [0.15, 0.2) is 17.1 Å². The molecule has 0 aliphatic rings. The maximum Gasteiger partial charge on any atom is 0.203 e. The third-order valence-electron chi connectivity index (χ3n) is 3.65. The number of nitrogens with zero attached hydrogens (tertiary/aromatic N) is 1. The van der Waals surface area contributed by atoms with E-state index in [1.54, 1.807) is 35.5 Å². The summed E-state index contributed by atoms with van der Waals surface area (Å²) in [6.07, 6.45) is 0.879. The van der Waals surface area contributed by atoms with Crippen LogP contribution in [0.2, 0.25) is 0 Å². The van der Waals surface area contributed by atoms with Crippen molar-refractivity contribution in [3.05, 3.63) is 17.7 Å². The third-order valence-corrected chi connectivity index (χ3v) is 3.65. The van der Waals surface area contributed by atoms with E-state index in [-0.39, 0.29) is 0 Å². The molecule has 148 valence electrons. The lowest BCUT2D eigenvalue weighted by Crippen LogP contribution is -2.37. The number of aliphatic imine (C=N–C) groups is 1. The average molecular weight is 369 g/mol. The van der Waals surface area contributed by atoms with Crippen LogP contribution in [0, 0.1) is 0 Å². The van der Waals surface area contributed by atoms with Crippen molar-refractivity contribution in [2.24, 2.45) is 4.99 Å². The molecule has 0 aromatic heterocycles. The van der Waals surface area contributed by atoms with Crippen LogP contribution in [0.1, 0.15) is 12.0 Å². The van der Waals surface area contributed by atoms with Crippen LogP contribution in [0.3, 0.4) is 0 Å². The lowest BCUT2D eigenvalue weighted by molar-refractivity contribution is 0.0698. The summed E-state index contributed by atoms with van der Waals surface area (Å²) in [7, 11) is 8.19. The van der Waals surface area contributed by atoms with E-state index in [4.69, 9.17) is 23.7 Å². The van der Waals surface area contributed by atoms with Gasteiger partial charge in [0.15, 0.2) is 17.5 Å². The van der Waals surface area contributed by atoms with Gasteiger partial charge in [-0.1, -0.05) is 0 Å². The number of guanidine groups is 1. The first-order valence-corrected chi connectivity index (χ1v) is 8.50. The number of methoxy groups -OCH3 is 4. The molecule has 0 saturated carbocycles. The molecule has 0 aliphatic carbocycles. The van der Waals surface area contributed by atoms with E-state index in [9.17, 15) is 0 Å². The highest BCUT2D eigenvalue weighted by Gasteiger charge is 2.15. The molecule has 0 radical (unpaired) electrons. The van der Waals surface area contributed by atoms with Crippen molar-refractivity contribution in [1.29, 1.82) is 0 Å². The van der Waals surface area contributed by atoms with Gasteiger partial charge in [0.05, 0.1) is 34.5 Å². The van der Waals surface area contributed by atoms with Gasteiger partial charge in [0.25, 0.3) is 0 Å². The van der Waals surface area contributed by atoms with Crippen LogP contribution < -0.4 is 24.8 Å². The average Bonchev–Trinajstić information content (AvgIpc) is 2.68. The van der Waals surface area contributed by atoms with Crippen molar-refractivity contribution in [1.82, 2.24) is 10.6 Å². The lowest BCUT2D eigenvalue weighted by atomic mass is 10.1. The second-order valence-corrected chi connectivity index (χ2v) is 5.30. The maximum atomic E-state index is 5.49. The largest absolute Gasteiger partial charge is 0.493 e. The van der Waals surface area contributed by atoms with E-state index in [0.29, 0.717) is 49.6 Å². The van der Waals surface area contributed by atoms with Gasteiger partial charge in [-0.05, 0) is 18.6 Å². The van der Waals surface area contributed by atoms with Crippen molar-refractivity contribution in [3.8, 4) is 17.2 Å². The summed E-state index contributed by atoms with van der Waals surface area (Å²) in [6.45, 7) is 3.20. The fourth-order valence-corrected chi connectivity index (χ4v) is 2.33. The Labute approximate surface area is 155 Å². The van der Waals surface area contributed by atoms with E-state index in [0.717, 1.165) is 18.5 Å². The van der Waals surface area contributed by atoms with Crippen molar-refractivity contribution in [2.75, 3.05) is 61.9 Å². The lowest BCUT2D eigenvalue weighted by Gasteiger charge is -2.17. The van der Waals surface area contributed by atoms with Crippen LogP contribution in [0.4, 0.5) is 0 Å². The number of benzene rings is 1.